The Kier molecular flexibility index (Phi) is 3.76. The van der Waals surface area contributed by atoms with Crippen LogP contribution in [0.4, 0.5) is 22.2 Å². The predicted octanol–water partition coefficient (Wildman–Crippen LogP) is 3.53. The quantitative estimate of drug-likeness (QED) is 0.506. The molecule has 2 aromatic carbocycles. The number of benzene rings is 2. The maximum absolute atomic E-state index is 11.2. The van der Waals surface area contributed by atoms with Crippen molar-refractivity contribution in [3.05, 3.63) is 54.2 Å². The Morgan fingerprint density at radius 3 is 2.50 bits per heavy atom. The second-order valence-corrected chi connectivity index (χ2v) is 5.77. The molecular formula is C16H14N4OS. The molecule has 0 aliphatic rings. The summed E-state index contributed by atoms with van der Waals surface area (Å²) in [6, 6.07) is 12.6. The van der Waals surface area contributed by atoms with Crippen LogP contribution in [0.3, 0.4) is 0 Å². The van der Waals surface area contributed by atoms with Crippen molar-refractivity contribution in [2.24, 2.45) is 0 Å². The molecule has 6 heteroatoms. The van der Waals surface area contributed by atoms with Crippen LogP contribution in [0.1, 0.15) is 10.4 Å². The van der Waals surface area contributed by atoms with E-state index >= 15 is 0 Å². The van der Waals surface area contributed by atoms with Crippen molar-refractivity contribution in [3.8, 4) is 10.4 Å². The van der Waals surface area contributed by atoms with Crippen LogP contribution in [0.15, 0.2) is 48.7 Å². The number of aromatic nitrogens is 1. The number of hydrogen-bond acceptors (Lipinski definition) is 6. The lowest BCUT2D eigenvalue weighted by Gasteiger charge is -2.03. The standard InChI is InChI=1S/C16H14N4OS/c17-11-3-5-13(6-4-11)20-16-19-8-15(22-16)14-7-12(18)2-1-10(14)9-21/h1-9H,17-18H2,(H,19,20). The lowest BCUT2D eigenvalue weighted by molar-refractivity contribution is 0.112. The molecule has 0 radical (unpaired) electrons. The maximum Gasteiger partial charge on any atom is 0.187 e. The monoisotopic (exact) mass is 310 g/mol. The Bertz CT molecular complexity index is 811. The minimum atomic E-state index is 0.594. The SMILES string of the molecule is Nc1ccc(Nc2ncc(-c3cc(N)ccc3C=O)s2)cc1. The zero-order valence-electron chi connectivity index (χ0n) is 11.6. The highest BCUT2D eigenvalue weighted by Gasteiger charge is 2.09. The molecule has 22 heavy (non-hydrogen) atoms. The molecule has 5 nitrogen and oxygen atoms in total. The van der Waals surface area contributed by atoms with Gasteiger partial charge in [-0.3, -0.25) is 4.79 Å². The Balaban J connectivity index is 1.89. The first kappa shape index (κ1) is 14.1. The molecule has 1 aromatic heterocycles. The zero-order valence-corrected chi connectivity index (χ0v) is 12.4. The van der Waals surface area contributed by atoms with Gasteiger partial charge in [-0.15, -0.1) is 0 Å². The summed E-state index contributed by atoms with van der Waals surface area (Å²) in [4.78, 5) is 16.4. The normalized spacial score (nSPS) is 10.4. The van der Waals surface area contributed by atoms with Crippen molar-refractivity contribution in [3.63, 3.8) is 0 Å². The van der Waals surface area contributed by atoms with E-state index in [1.165, 1.54) is 11.3 Å². The largest absolute Gasteiger partial charge is 0.399 e. The Morgan fingerprint density at radius 1 is 1.05 bits per heavy atom. The number of anilines is 4. The van der Waals surface area contributed by atoms with Crippen LogP contribution in [-0.2, 0) is 0 Å². The molecule has 0 spiro atoms. The van der Waals surface area contributed by atoms with E-state index < -0.39 is 0 Å². The molecule has 1 heterocycles. The topological polar surface area (TPSA) is 94.0 Å². The van der Waals surface area contributed by atoms with E-state index in [0.29, 0.717) is 16.9 Å². The van der Waals surface area contributed by atoms with Gasteiger partial charge in [-0.1, -0.05) is 11.3 Å². The van der Waals surface area contributed by atoms with Crippen LogP contribution in [0.25, 0.3) is 10.4 Å². The Morgan fingerprint density at radius 2 is 1.77 bits per heavy atom. The highest BCUT2D eigenvalue weighted by Crippen LogP contribution is 2.33. The van der Waals surface area contributed by atoms with E-state index in [9.17, 15) is 4.79 Å². The molecule has 3 aromatic rings. The van der Waals surface area contributed by atoms with Crippen LogP contribution < -0.4 is 16.8 Å². The van der Waals surface area contributed by atoms with E-state index in [2.05, 4.69) is 10.3 Å². The highest BCUT2D eigenvalue weighted by atomic mass is 32.1. The van der Waals surface area contributed by atoms with Crippen molar-refractivity contribution in [2.45, 2.75) is 0 Å². The number of nitrogens with one attached hydrogen (secondary N) is 1. The van der Waals surface area contributed by atoms with Crippen LogP contribution >= 0.6 is 11.3 Å². The third kappa shape index (κ3) is 2.91. The number of nitrogens with zero attached hydrogens (tertiary/aromatic N) is 1. The van der Waals surface area contributed by atoms with Crippen LogP contribution in [0, 0.1) is 0 Å². The van der Waals surface area contributed by atoms with E-state index in [1.54, 1.807) is 24.4 Å². The van der Waals surface area contributed by atoms with Gasteiger partial charge in [0.1, 0.15) is 0 Å². The smallest absolute Gasteiger partial charge is 0.187 e. The zero-order chi connectivity index (χ0) is 15.5. The molecule has 5 N–H and O–H groups in total. The number of rotatable bonds is 4. The van der Waals surface area contributed by atoms with Crippen molar-refractivity contribution in [1.29, 1.82) is 0 Å². The molecule has 0 atom stereocenters. The Hall–Kier alpha value is -2.86. The van der Waals surface area contributed by atoms with Gasteiger partial charge >= 0.3 is 0 Å². The second kappa shape index (κ2) is 5.87. The first-order valence-corrected chi connectivity index (χ1v) is 7.41. The third-order valence-electron chi connectivity index (χ3n) is 3.14. The van der Waals surface area contributed by atoms with E-state index in [1.807, 2.05) is 24.3 Å². The summed E-state index contributed by atoms with van der Waals surface area (Å²) in [5, 5.41) is 3.94. The van der Waals surface area contributed by atoms with Gasteiger partial charge in [-0.2, -0.15) is 0 Å². The second-order valence-electron chi connectivity index (χ2n) is 4.74. The van der Waals surface area contributed by atoms with Gasteiger partial charge in [0, 0.05) is 34.4 Å². The average Bonchev–Trinajstić information content (AvgIpc) is 2.98. The fourth-order valence-electron chi connectivity index (χ4n) is 2.04. The summed E-state index contributed by atoms with van der Waals surface area (Å²) in [6.45, 7) is 0. The number of aldehydes is 1. The molecular weight excluding hydrogens is 296 g/mol. The van der Waals surface area contributed by atoms with E-state index in [4.69, 9.17) is 11.5 Å². The molecule has 0 amide bonds. The summed E-state index contributed by atoms with van der Waals surface area (Å²) in [5.74, 6) is 0. The first-order chi connectivity index (χ1) is 10.7. The summed E-state index contributed by atoms with van der Waals surface area (Å²) < 4.78 is 0. The molecule has 0 aliphatic carbocycles. The number of hydrogen-bond donors (Lipinski definition) is 3. The summed E-state index contributed by atoms with van der Waals surface area (Å²) >= 11 is 1.46. The summed E-state index contributed by atoms with van der Waals surface area (Å²) in [5.41, 5.74) is 15.1. The fraction of sp³-hybridized carbons (Fsp3) is 0. The van der Waals surface area contributed by atoms with Crippen molar-refractivity contribution in [2.75, 3.05) is 16.8 Å². The first-order valence-electron chi connectivity index (χ1n) is 6.59. The Labute approximate surface area is 131 Å². The molecule has 0 saturated carbocycles. The van der Waals surface area contributed by atoms with Gasteiger partial charge < -0.3 is 16.8 Å². The van der Waals surface area contributed by atoms with Crippen molar-refractivity contribution >= 4 is 39.8 Å². The molecule has 0 fully saturated rings. The van der Waals surface area contributed by atoms with Gasteiger partial charge in [0.05, 0.1) is 4.88 Å². The minimum Gasteiger partial charge on any atom is -0.399 e. The summed E-state index contributed by atoms with van der Waals surface area (Å²) in [7, 11) is 0. The highest BCUT2D eigenvalue weighted by molar-refractivity contribution is 7.19. The number of carbonyl (C=O) groups excluding carboxylic acids is 1. The van der Waals surface area contributed by atoms with Gasteiger partial charge in [0.25, 0.3) is 0 Å². The molecule has 0 bridgehead atoms. The van der Waals surface area contributed by atoms with Crippen molar-refractivity contribution in [1.82, 2.24) is 4.98 Å². The summed E-state index contributed by atoms with van der Waals surface area (Å²) in [6.07, 6.45) is 2.55. The average molecular weight is 310 g/mol. The van der Waals surface area contributed by atoms with Crippen LogP contribution in [-0.4, -0.2) is 11.3 Å². The van der Waals surface area contributed by atoms with Crippen LogP contribution in [0.2, 0.25) is 0 Å². The van der Waals surface area contributed by atoms with E-state index in [-0.39, 0.29) is 0 Å². The molecule has 3 rings (SSSR count). The molecule has 0 aliphatic heterocycles. The van der Waals surface area contributed by atoms with E-state index in [0.717, 1.165) is 27.5 Å². The number of carbonyl (C=O) groups is 1. The molecule has 110 valence electrons. The molecule has 0 saturated heterocycles. The fourth-order valence-corrected chi connectivity index (χ4v) is 2.91. The maximum atomic E-state index is 11.2. The van der Waals surface area contributed by atoms with Gasteiger partial charge in [0.2, 0.25) is 0 Å². The van der Waals surface area contributed by atoms with Crippen molar-refractivity contribution < 1.29 is 4.79 Å². The number of thiazole rings is 1. The van der Waals surface area contributed by atoms with Crippen LogP contribution in [0.5, 0.6) is 0 Å². The van der Waals surface area contributed by atoms with Gasteiger partial charge in [0.15, 0.2) is 11.4 Å². The van der Waals surface area contributed by atoms with Gasteiger partial charge in [-0.05, 0) is 42.5 Å². The minimum absolute atomic E-state index is 0.594. The predicted molar refractivity (Wildman–Crippen MR) is 91.5 cm³/mol. The lowest BCUT2D eigenvalue weighted by Crippen LogP contribution is -1.90. The van der Waals surface area contributed by atoms with Gasteiger partial charge in [-0.25, -0.2) is 4.98 Å². The molecule has 0 unspecified atom stereocenters. The number of nitrogens with two attached hydrogens (primary N) is 2. The lowest BCUT2D eigenvalue weighted by atomic mass is 10.1. The third-order valence-corrected chi connectivity index (χ3v) is 4.08. The number of nitrogen functional groups attached to an aromatic ring is 2.